The Balaban J connectivity index is 1.93. The van der Waals surface area contributed by atoms with Crippen molar-refractivity contribution >= 4 is 11.7 Å². The molecule has 0 saturated carbocycles. The SMILES string of the molecule is N#CC(CCOC(=NO)Nc1cccc(C(F)(F)F)c1)c1ccccc1. The van der Waals surface area contributed by atoms with E-state index in [1.807, 2.05) is 30.3 Å². The van der Waals surface area contributed by atoms with Crippen LogP contribution in [0.2, 0.25) is 0 Å². The molecule has 0 fully saturated rings. The first kappa shape index (κ1) is 19.1. The lowest BCUT2D eigenvalue weighted by Crippen LogP contribution is -2.18. The fraction of sp³-hybridized carbons (Fsp3) is 0.222. The van der Waals surface area contributed by atoms with Gasteiger partial charge in [0.25, 0.3) is 0 Å². The van der Waals surface area contributed by atoms with Gasteiger partial charge >= 0.3 is 12.2 Å². The van der Waals surface area contributed by atoms with Crippen LogP contribution in [0.1, 0.15) is 23.5 Å². The van der Waals surface area contributed by atoms with Crippen molar-refractivity contribution in [2.24, 2.45) is 5.16 Å². The summed E-state index contributed by atoms with van der Waals surface area (Å²) in [5, 5.41) is 23.6. The van der Waals surface area contributed by atoms with Crippen LogP contribution in [0, 0.1) is 11.3 Å². The maximum Gasteiger partial charge on any atom is 0.416 e. The van der Waals surface area contributed by atoms with E-state index in [9.17, 15) is 18.4 Å². The largest absolute Gasteiger partial charge is 0.463 e. The number of hydrogen-bond donors (Lipinski definition) is 2. The Hall–Kier alpha value is -3.21. The van der Waals surface area contributed by atoms with Gasteiger partial charge in [0.05, 0.1) is 24.2 Å². The molecule has 1 atom stereocenters. The Kier molecular flexibility index (Phi) is 6.44. The van der Waals surface area contributed by atoms with Crippen molar-refractivity contribution in [2.75, 3.05) is 11.9 Å². The Morgan fingerprint density at radius 1 is 1.19 bits per heavy atom. The summed E-state index contributed by atoms with van der Waals surface area (Å²) in [4.78, 5) is 0. The van der Waals surface area contributed by atoms with E-state index in [0.717, 1.165) is 17.7 Å². The summed E-state index contributed by atoms with van der Waals surface area (Å²) in [6, 6.07) is 15.3. The second-order valence-electron chi connectivity index (χ2n) is 5.34. The molecule has 2 rings (SSSR count). The van der Waals surface area contributed by atoms with E-state index in [1.165, 1.54) is 12.1 Å². The normalized spacial score (nSPS) is 12.9. The third kappa shape index (κ3) is 5.41. The van der Waals surface area contributed by atoms with Gasteiger partial charge in [-0.05, 0) is 28.9 Å². The fourth-order valence-electron chi connectivity index (χ4n) is 2.25. The van der Waals surface area contributed by atoms with E-state index in [1.54, 1.807) is 0 Å². The van der Waals surface area contributed by atoms with E-state index >= 15 is 0 Å². The van der Waals surface area contributed by atoms with Crippen molar-refractivity contribution < 1.29 is 23.1 Å². The van der Waals surface area contributed by atoms with Crippen LogP contribution < -0.4 is 5.32 Å². The number of benzene rings is 2. The minimum atomic E-state index is -4.48. The van der Waals surface area contributed by atoms with E-state index in [-0.39, 0.29) is 18.3 Å². The summed E-state index contributed by atoms with van der Waals surface area (Å²) in [7, 11) is 0. The standard InChI is InChI=1S/C18H16F3N3O2/c19-18(20,21)15-7-4-8-16(11-15)23-17(24-25)26-10-9-14(12-22)13-5-2-1-3-6-13/h1-8,11,14,25H,9-10H2,(H,23,24). The first-order chi connectivity index (χ1) is 12.4. The summed E-state index contributed by atoms with van der Waals surface area (Å²) in [6.45, 7) is 0.0402. The monoisotopic (exact) mass is 363 g/mol. The second kappa shape index (κ2) is 8.76. The first-order valence-corrected chi connectivity index (χ1v) is 7.67. The lowest BCUT2D eigenvalue weighted by Gasteiger charge is -2.13. The Morgan fingerprint density at radius 3 is 2.54 bits per heavy atom. The maximum atomic E-state index is 12.7. The number of rotatable bonds is 5. The van der Waals surface area contributed by atoms with Crippen LogP contribution in [-0.4, -0.2) is 17.8 Å². The maximum absolute atomic E-state index is 12.7. The molecule has 0 bridgehead atoms. The van der Waals surface area contributed by atoms with Gasteiger partial charge in [0, 0.05) is 12.1 Å². The van der Waals surface area contributed by atoms with Gasteiger partial charge in [-0.15, -0.1) is 0 Å². The van der Waals surface area contributed by atoms with Crippen LogP contribution >= 0.6 is 0 Å². The molecule has 0 radical (unpaired) electrons. The van der Waals surface area contributed by atoms with Crippen LogP contribution in [0.5, 0.6) is 0 Å². The van der Waals surface area contributed by atoms with Crippen LogP contribution in [0.3, 0.4) is 0 Å². The number of amidine groups is 1. The minimum absolute atomic E-state index is 0.0402. The van der Waals surface area contributed by atoms with Crippen LogP contribution in [0.25, 0.3) is 0 Å². The third-order valence-corrected chi connectivity index (χ3v) is 3.54. The number of ether oxygens (including phenoxy) is 1. The number of oxime groups is 1. The zero-order valence-electron chi connectivity index (χ0n) is 13.6. The zero-order chi connectivity index (χ0) is 19.0. The Labute approximate surface area is 148 Å². The molecule has 2 aromatic carbocycles. The molecule has 0 amide bonds. The second-order valence-corrected chi connectivity index (χ2v) is 5.34. The smallest absolute Gasteiger partial charge is 0.416 e. The molecule has 0 aliphatic carbocycles. The molecule has 2 N–H and O–H groups in total. The molecule has 0 saturated heterocycles. The minimum Gasteiger partial charge on any atom is -0.463 e. The molecular weight excluding hydrogens is 347 g/mol. The van der Waals surface area contributed by atoms with Crippen molar-refractivity contribution in [3.05, 3.63) is 65.7 Å². The number of hydrogen-bond acceptors (Lipinski definition) is 4. The van der Waals surface area contributed by atoms with E-state index < -0.39 is 17.7 Å². The average molecular weight is 363 g/mol. The fourth-order valence-corrected chi connectivity index (χ4v) is 2.25. The number of nitriles is 1. The van der Waals surface area contributed by atoms with Crippen LogP contribution in [0.15, 0.2) is 59.8 Å². The van der Waals surface area contributed by atoms with Gasteiger partial charge < -0.3 is 15.3 Å². The van der Waals surface area contributed by atoms with Crippen LogP contribution in [0.4, 0.5) is 18.9 Å². The van der Waals surface area contributed by atoms with Crippen molar-refractivity contribution in [3.8, 4) is 6.07 Å². The molecule has 26 heavy (non-hydrogen) atoms. The number of nitrogens with one attached hydrogen (secondary N) is 1. The molecule has 0 spiro atoms. The zero-order valence-corrected chi connectivity index (χ0v) is 13.6. The van der Waals surface area contributed by atoms with Crippen LogP contribution in [-0.2, 0) is 10.9 Å². The Morgan fingerprint density at radius 2 is 1.92 bits per heavy atom. The summed E-state index contributed by atoms with van der Waals surface area (Å²) in [6.07, 6.45) is -4.16. The quantitative estimate of drug-likeness (QED) is 0.353. The summed E-state index contributed by atoms with van der Waals surface area (Å²) in [5.41, 5.74) is 0.0489. The van der Waals surface area contributed by atoms with E-state index in [4.69, 9.17) is 9.94 Å². The molecule has 0 aromatic heterocycles. The highest BCUT2D eigenvalue weighted by Gasteiger charge is 2.30. The first-order valence-electron chi connectivity index (χ1n) is 7.67. The predicted molar refractivity (Wildman–Crippen MR) is 89.7 cm³/mol. The highest BCUT2D eigenvalue weighted by molar-refractivity contribution is 5.88. The molecule has 5 nitrogen and oxygen atoms in total. The molecule has 2 aromatic rings. The molecule has 136 valence electrons. The lowest BCUT2D eigenvalue weighted by molar-refractivity contribution is -0.137. The summed E-state index contributed by atoms with van der Waals surface area (Å²) < 4.78 is 43.4. The molecule has 8 heteroatoms. The molecule has 0 heterocycles. The lowest BCUT2D eigenvalue weighted by atomic mass is 9.98. The van der Waals surface area contributed by atoms with Gasteiger partial charge in [-0.25, -0.2) is 0 Å². The third-order valence-electron chi connectivity index (χ3n) is 3.54. The summed E-state index contributed by atoms with van der Waals surface area (Å²) >= 11 is 0. The van der Waals surface area contributed by atoms with Crippen molar-refractivity contribution in [2.45, 2.75) is 18.5 Å². The van der Waals surface area contributed by atoms with Crippen molar-refractivity contribution in [3.63, 3.8) is 0 Å². The number of alkyl halides is 3. The number of anilines is 1. The van der Waals surface area contributed by atoms with Gasteiger partial charge in [-0.2, -0.15) is 18.4 Å². The number of halogens is 3. The highest BCUT2D eigenvalue weighted by Crippen LogP contribution is 2.30. The Bertz CT molecular complexity index is 786. The predicted octanol–water partition coefficient (Wildman–Crippen LogP) is 4.58. The molecule has 1 unspecified atom stereocenters. The van der Waals surface area contributed by atoms with Gasteiger partial charge in [-0.1, -0.05) is 36.4 Å². The summed E-state index contributed by atoms with van der Waals surface area (Å²) in [5.74, 6) is -0.412. The van der Waals surface area contributed by atoms with Gasteiger partial charge in [0.2, 0.25) is 0 Å². The molecular formula is C18H16F3N3O2. The van der Waals surface area contributed by atoms with Gasteiger partial charge in [0.15, 0.2) is 0 Å². The topological polar surface area (TPSA) is 77.6 Å². The molecule has 0 aliphatic heterocycles. The highest BCUT2D eigenvalue weighted by atomic mass is 19.4. The van der Waals surface area contributed by atoms with Gasteiger partial charge in [0.1, 0.15) is 0 Å². The molecule has 0 aliphatic rings. The number of nitrogens with zero attached hydrogens (tertiary/aromatic N) is 2. The van der Waals surface area contributed by atoms with E-state index in [2.05, 4.69) is 16.5 Å². The average Bonchev–Trinajstić information content (AvgIpc) is 2.64. The van der Waals surface area contributed by atoms with Crippen molar-refractivity contribution in [1.82, 2.24) is 0 Å². The van der Waals surface area contributed by atoms with E-state index in [0.29, 0.717) is 6.42 Å². The van der Waals surface area contributed by atoms with Gasteiger partial charge in [-0.3, -0.25) is 0 Å². The van der Waals surface area contributed by atoms with Crippen molar-refractivity contribution in [1.29, 1.82) is 5.26 Å².